The lowest BCUT2D eigenvalue weighted by Crippen LogP contribution is -2.06. The number of halogens is 3. The zero-order chi connectivity index (χ0) is 14.1. The van der Waals surface area contributed by atoms with Gasteiger partial charge in [-0.2, -0.15) is 0 Å². The Kier molecular flexibility index (Phi) is 3.44. The number of fused-ring (bicyclic) bond motifs is 1. The molecular weight excluding hydrogens is 286 g/mol. The number of aryl methyl sites for hydroxylation is 1. The van der Waals surface area contributed by atoms with E-state index in [9.17, 15) is 8.78 Å². The van der Waals surface area contributed by atoms with Crippen LogP contribution in [-0.2, 0) is 13.0 Å². The summed E-state index contributed by atoms with van der Waals surface area (Å²) in [7, 11) is 0. The molecule has 0 saturated heterocycles. The van der Waals surface area contributed by atoms with Gasteiger partial charge in [-0.05, 0) is 18.2 Å². The Morgan fingerprint density at radius 1 is 1.25 bits per heavy atom. The maximum atomic E-state index is 14.0. The average molecular weight is 297 g/mol. The van der Waals surface area contributed by atoms with Gasteiger partial charge in [-0.15, -0.1) is 11.6 Å². The molecule has 3 nitrogen and oxygen atoms in total. The van der Waals surface area contributed by atoms with Crippen molar-refractivity contribution < 1.29 is 13.2 Å². The number of alkyl halides is 1. The molecule has 0 radical (unpaired) electrons. The monoisotopic (exact) mass is 296 g/mol. The minimum atomic E-state index is -0.890. The van der Waals surface area contributed by atoms with Crippen molar-refractivity contribution in [3.63, 3.8) is 0 Å². The van der Waals surface area contributed by atoms with E-state index in [-0.39, 0.29) is 5.52 Å². The van der Waals surface area contributed by atoms with Gasteiger partial charge in [-0.25, -0.2) is 13.8 Å². The van der Waals surface area contributed by atoms with Gasteiger partial charge in [-0.3, -0.25) is 0 Å². The number of hydrogen-bond donors (Lipinski definition) is 0. The molecule has 0 N–H and O–H groups in total. The van der Waals surface area contributed by atoms with E-state index in [2.05, 4.69) is 4.98 Å². The van der Waals surface area contributed by atoms with Crippen LogP contribution in [0.25, 0.3) is 11.0 Å². The number of benzene rings is 1. The first-order valence-corrected chi connectivity index (χ1v) is 6.64. The molecule has 0 aliphatic rings. The number of hydrogen-bond acceptors (Lipinski definition) is 2. The molecule has 1 aromatic carbocycles. The summed E-state index contributed by atoms with van der Waals surface area (Å²) in [6.07, 6.45) is 3.58. The topological polar surface area (TPSA) is 31.0 Å². The second-order valence-electron chi connectivity index (χ2n) is 4.41. The van der Waals surface area contributed by atoms with Gasteiger partial charge in [0.2, 0.25) is 0 Å². The fraction of sp³-hybridized carbons (Fsp3) is 0.214. The minimum Gasteiger partial charge on any atom is -0.472 e. The van der Waals surface area contributed by atoms with Crippen molar-refractivity contribution in [1.29, 1.82) is 0 Å². The molecule has 3 aromatic rings. The highest BCUT2D eigenvalue weighted by Crippen LogP contribution is 2.23. The van der Waals surface area contributed by atoms with Gasteiger partial charge >= 0.3 is 0 Å². The fourth-order valence-electron chi connectivity index (χ4n) is 2.22. The molecule has 0 bridgehead atoms. The smallest absolute Gasteiger partial charge is 0.184 e. The summed E-state index contributed by atoms with van der Waals surface area (Å²) in [5.74, 6) is -0.790. The first kappa shape index (κ1) is 13.1. The number of rotatable bonds is 4. The Morgan fingerprint density at radius 2 is 2.10 bits per heavy atom. The molecule has 3 rings (SSSR count). The van der Waals surface area contributed by atoms with Crippen LogP contribution in [0.5, 0.6) is 0 Å². The standard InChI is InChI=1S/C14H11ClF2N2O/c15-5-3-12-18-11-2-1-10(16)13(17)14(11)19(12)7-9-4-6-20-8-9/h1-2,4,6,8H,3,5,7H2. The summed E-state index contributed by atoms with van der Waals surface area (Å²) < 4.78 is 34.1. The second kappa shape index (κ2) is 5.25. The predicted molar refractivity (Wildman–Crippen MR) is 71.9 cm³/mol. The van der Waals surface area contributed by atoms with Crippen molar-refractivity contribution >= 4 is 22.6 Å². The van der Waals surface area contributed by atoms with Crippen molar-refractivity contribution in [2.75, 3.05) is 5.88 Å². The normalized spacial score (nSPS) is 11.3. The van der Waals surface area contributed by atoms with Crippen LogP contribution in [0.3, 0.4) is 0 Å². The summed E-state index contributed by atoms with van der Waals surface area (Å²) in [6.45, 7) is 0.361. The lowest BCUT2D eigenvalue weighted by molar-refractivity contribution is 0.511. The van der Waals surface area contributed by atoms with E-state index in [0.29, 0.717) is 30.2 Å². The van der Waals surface area contributed by atoms with Crippen LogP contribution in [0, 0.1) is 11.6 Å². The fourth-order valence-corrected chi connectivity index (χ4v) is 2.39. The maximum Gasteiger partial charge on any atom is 0.184 e. The zero-order valence-electron chi connectivity index (χ0n) is 10.4. The van der Waals surface area contributed by atoms with Crippen LogP contribution in [0.2, 0.25) is 0 Å². The molecule has 0 aliphatic carbocycles. The Bertz CT molecular complexity index is 737. The van der Waals surface area contributed by atoms with E-state index in [1.165, 1.54) is 12.3 Å². The van der Waals surface area contributed by atoms with Crippen LogP contribution in [0.1, 0.15) is 11.4 Å². The second-order valence-corrected chi connectivity index (χ2v) is 4.79. The van der Waals surface area contributed by atoms with E-state index in [4.69, 9.17) is 16.0 Å². The quantitative estimate of drug-likeness (QED) is 0.687. The van der Waals surface area contributed by atoms with Crippen molar-refractivity contribution in [3.8, 4) is 0 Å². The largest absolute Gasteiger partial charge is 0.472 e. The number of furan rings is 1. The minimum absolute atomic E-state index is 0.159. The molecule has 2 heterocycles. The van der Waals surface area contributed by atoms with Gasteiger partial charge in [0.15, 0.2) is 11.6 Å². The van der Waals surface area contributed by atoms with Gasteiger partial charge in [-0.1, -0.05) is 0 Å². The van der Waals surface area contributed by atoms with Crippen LogP contribution in [0.15, 0.2) is 35.1 Å². The van der Waals surface area contributed by atoms with Gasteiger partial charge in [0.05, 0.1) is 24.6 Å². The van der Waals surface area contributed by atoms with Crippen LogP contribution in [0.4, 0.5) is 8.78 Å². The molecular formula is C14H11ClF2N2O. The lowest BCUT2D eigenvalue weighted by atomic mass is 10.2. The summed E-state index contributed by atoms with van der Waals surface area (Å²) in [4.78, 5) is 4.33. The van der Waals surface area contributed by atoms with E-state index < -0.39 is 11.6 Å². The Hall–Kier alpha value is -1.88. The highest BCUT2D eigenvalue weighted by molar-refractivity contribution is 6.17. The van der Waals surface area contributed by atoms with Crippen molar-refractivity contribution in [1.82, 2.24) is 9.55 Å². The zero-order valence-corrected chi connectivity index (χ0v) is 11.2. The first-order valence-electron chi connectivity index (χ1n) is 6.11. The summed E-state index contributed by atoms with van der Waals surface area (Å²) in [5, 5.41) is 0. The van der Waals surface area contributed by atoms with E-state index in [1.54, 1.807) is 16.9 Å². The third-order valence-electron chi connectivity index (χ3n) is 3.12. The molecule has 0 fully saturated rings. The highest BCUT2D eigenvalue weighted by atomic mass is 35.5. The molecule has 0 unspecified atom stereocenters. The molecule has 0 saturated carbocycles. The molecule has 0 atom stereocenters. The average Bonchev–Trinajstić information content (AvgIpc) is 3.04. The van der Waals surface area contributed by atoms with Crippen molar-refractivity contribution in [3.05, 3.63) is 53.7 Å². The molecule has 0 amide bonds. The molecule has 20 heavy (non-hydrogen) atoms. The Balaban J connectivity index is 2.19. The van der Waals surface area contributed by atoms with E-state index in [1.807, 2.05) is 0 Å². The molecule has 0 aliphatic heterocycles. The Morgan fingerprint density at radius 3 is 2.80 bits per heavy atom. The predicted octanol–water partition coefficient (Wildman–Crippen LogP) is 3.74. The maximum absolute atomic E-state index is 14.0. The SMILES string of the molecule is Fc1ccc2nc(CCCl)n(Cc3ccoc3)c2c1F. The Labute approximate surface area is 118 Å². The third kappa shape index (κ3) is 2.18. The molecule has 104 valence electrons. The lowest BCUT2D eigenvalue weighted by Gasteiger charge is -2.07. The number of aromatic nitrogens is 2. The van der Waals surface area contributed by atoms with Gasteiger partial charge in [0.25, 0.3) is 0 Å². The summed E-state index contributed by atoms with van der Waals surface area (Å²) >= 11 is 5.75. The summed E-state index contributed by atoms with van der Waals surface area (Å²) in [6, 6.07) is 4.32. The first-order chi connectivity index (χ1) is 9.70. The van der Waals surface area contributed by atoms with Gasteiger partial charge < -0.3 is 8.98 Å². The van der Waals surface area contributed by atoms with E-state index >= 15 is 0 Å². The molecule has 0 spiro atoms. The van der Waals surface area contributed by atoms with Gasteiger partial charge in [0.1, 0.15) is 11.3 Å². The van der Waals surface area contributed by atoms with Crippen LogP contribution in [-0.4, -0.2) is 15.4 Å². The summed E-state index contributed by atoms with van der Waals surface area (Å²) in [5.41, 5.74) is 1.43. The molecule has 6 heteroatoms. The van der Waals surface area contributed by atoms with Crippen LogP contribution >= 0.6 is 11.6 Å². The van der Waals surface area contributed by atoms with Crippen molar-refractivity contribution in [2.45, 2.75) is 13.0 Å². The highest BCUT2D eigenvalue weighted by Gasteiger charge is 2.17. The van der Waals surface area contributed by atoms with Crippen molar-refractivity contribution in [2.24, 2.45) is 0 Å². The van der Waals surface area contributed by atoms with Crippen LogP contribution < -0.4 is 0 Å². The number of imidazole rings is 1. The van der Waals surface area contributed by atoms with Gasteiger partial charge in [0, 0.05) is 17.9 Å². The van der Waals surface area contributed by atoms with E-state index in [0.717, 1.165) is 11.6 Å². The number of nitrogens with zero attached hydrogens (tertiary/aromatic N) is 2. The molecule has 2 aromatic heterocycles. The third-order valence-corrected chi connectivity index (χ3v) is 3.31.